The van der Waals surface area contributed by atoms with E-state index in [0.717, 1.165) is 0 Å². The summed E-state index contributed by atoms with van der Waals surface area (Å²) in [5, 5.41) is 19.4. The highest BCUT2D eigenvalue weighted by Crippen LogP contribution is 2.31. The molecule has 2 aromatic heterocycles. The van der Waals surface area contributed by atoms with Gasteiger partial charge in [0.25, 0.3) is 0 Å². The molecule has 0 aliphatic heterocycles. The van der Waals surface area contributed by atoms with Crippen LogP contribution in [0.1, 0.15) is 16.2 Å². The number of methoxy groups -OCH3 is 1. The zero-order valence-corrected chi connectivity index (χ0v) is 13.0. The van der Waals surface area contributed by atoms with Crippen molar-refractivity contribution >= 4 is 16.9 Å². The average Bonchev–Trinajstić information content (AvgIpc) is 2.58. The maximum absolute atomic E-state index is 11.1. The number of carboxylic acids is 1. The van der Waals surface area contributed by atoms with Crippen LogP contribution in [0.15, 0.2) is 36.4 Å². The third kappa shape index (κ3) is 2.79. The molecule has 0 amide bonds. The highest BCUT2D eigenvalue weighted by atomic mass is 16.5. The lowest BCUT2D eigenvalue weighted by Gasteiger charge is -2.09. The third-order valence-electron chi connectivity index (χ3n) is 3.46. The first kappa shape index (κ1) is 15.5. The number of ether oxygens (including phenoxy) is 2. The van der Waals surface area contributed by atoms with Gasteiger partial charge in [0, 0.05) is 11.5 Å². The third-order valence-corrected chi connectivity index (χ3v) is 3.46. The van der Waals surface area contributed by atoms with Crippen molar-refractivity contribution in [2.45, 2.75) is 6.92 Å². The van der Waals surface area contributed by atoms with Crippen molar-refractivity contribution in [2.24, 2.45) is 0 Å². The molecule has 7 nitrogen and oxygen atoms in total. The summed E-state index contributed by atoms with van der Waals surface area (Å²) in [4.78, 5) is 19.3. The van der Waals surface area contributed by atoms with Crippen LogP contribution in [0, 0.1) is 6.92 Å². The second-order valence-corrected chi connectivity index (χ2v) is 5.02. The second kappa shape index (κ2) is 6.04. The minimum atomic E-state index is -1.30. The summed E-state index contributed by atoms with van der Waals surface area (Å²) in [6.45, 7) is 1.62. The lowest BCUT2D eigenvalue weighted by atomic mass is 10.1. The molecule has 122 valence electrons. The zero-order valence-electron chi connectivity index (χ0n) is 13.0. The summed E-state index contributed by atoms with van der Waals surface area (Å²) >= 11 is 0. The SMILES string of the molecule is COc1ccc(Oc2ccc3c(O)c(C(=O)O)nc(C)c3n2)cc1. The number of nitrogens with zero attached hydrogens (tertiary/aromatic N) is 2. The van der Waals surface area contributed by atoms with Crippen molar-refractivity contribution < 1.29 is 24.5 Å². The molecule has 0 aliphatic rings. The molecule has 0 fully saturated rings. The number of aromatic hydroxyl groups is 1. The number of aromatic nitrogens is 2. The quantitative estimate of drug-likeness (QED) is 0.759. The number of benzene rings is 1. The highest BCUT2D eigenvalue weighted by Gasteiger charge is 2.18. The Bertz CT molecular complexity index is 922. The van der Waals surface area contributed by atoms with Gasteiger partial charge in [-0.15, -0.1) is 0 Å². The van der Waals surface area contributed by atoms with Gasteiger partial charge in [-0.2, -0.15) is 0 Å². The molecule has 0 unspecified atom stereocenters. The Balaban J connectivity index is 2.00. The first-order valence-corrected chi connectivity index (χ1v) is 7.05. The molecule has 3 aromatic rings. The van der Waals surface area contributed by atoms with Crippen LogP contribution in [0.4, 0.5) is 0 Å². The molecule has 0 atom stereocenters. The lowest BCUT2D eigenvalue weighted by Crippen LogP contribution is -2.04. The molecule has 1 aromatic carbocycles. The van der Waals surface area contributed by atoms with E-state index in [0.29, 0.717) is 34.0 Å². The first-order chi connectivity index (χ1) is 11.5. The van der Waals surface area contributed by atoms with E-state index in [4.69, 9.17) is 14.6 Å². The summed E-state index contributed by atoms with van der Waals surface area (Å²) in [5.41, 5.74) is 0.370. The number of carboxylic acid groups (broad SMARTS) is 1. The Morgan fingerprint density at radius 2 is 1.71 bits per heavy atom. The van der Waals surface area contributed by atoms with E-state index >= 15 is 0 Å². The van der Waals surface area contributed by atoms with Gasteiger partial charge in [0.2, 0.25) is 5.88 Å². The van der Waals surface area contributed by atoms with Crippen molar-refractivity contribution in [3.8, 4) is 23.1 Å². The Labute approximate surface area is 137 Å². The number of hydrogen-bond donors (Lipinski definition) is 2. The minimum absolute atomic E-state index is 0.306. The normalized spacial score (nSPS) is 10.6. The summed E-state index contributed by atoms with van der Waals surface area (Å²) in [6, 6.07) is 10.1. The van der Waals surface area contributed by atoms with Gasteiger partial charge in [-0.3, -0.25) is 0 Å². The van der Waals surface area contributed by atoms with E-state index in [1.807, 2.05) is 0 Å². The van der Waals surface area contributed by atoms with E-state index in [-0.39, 0.29) is 0 Å². The van der Waals surface area contributed by atoms with Gasteiger partial charge in [0.05, 0.1) is 18.3 Å². The monoisotopic (exact) mass is 326 g/mol. The number of carbonyl (C=O) groups is 1. The fourth-order valence-electron chi connectivity index (χ4n) is 2.28. The Kier molecular flexibility index (Phi) is 3.91. The molecule has 7 heteroatoms. The van der Waals surface area contributed by atoms with Crippen molar-refractivity contribution in [1.29, 1.82) is 0 Å². The minimum Gasteiger partial charge on any atom is -0.505 e. The molecule has 0 spiro atoms. The number of aromatic carboxylic acids is 1. The number of hydrogen-bond acceptors (Lipinski definition) is 6. The first-order valence-electron chi connectivity index (χ1n) is 7.05. The van der Waals surface area contributed by atoms with Gasteiger partial charge >= 0.3 is 5.97 Å². The maximum Gasteiger partial charge on any atom is 0.358 e. The number of pyridine rings is 2. The fraction of sp³-hybridized carbons (Fsp3) is 0.118. The van der Waals surface area contributed by atoms with Crippen LogP contribution in [0.2, 0.25) is 0 Å². The Morgan fingerprint density at radius 3 is 2.33 bits per heavy atom. The molecule has 3 rings (SSSR count). The van der Waals surface area contributed by atoms with Crippen molar-refractivity contribution in [2.75, 3.05) is 7.11 Å². The van der Waals surface area contributed by atoms with Crippen LogP contribution >= 0.6 is 0 Å². The van der Waals surface area contributed by atoms with Gasteiger partial charge in [-0.05, 0) is 37.3 Å². The number of fused-ring (bicyclic) bond motifs is 1. The smallest absolute Gasteiger partial charge is 0.358 e. The molecule has 24 heavy (non-hydrogen) atoms. The zero-order chi connectivity index (χ0) is 17.3. The van der Waals surface area contributed by atoms with Gasteiger partial charge in [-0.25, -0.2) is 14.8 Å². The summed E-state index contributed by atoms with van der Waals surface area (Å²) < 4.78 is 10.7. The fourth-order valence-corrected chi connectivity index (χ4v) is 2.28. The second-order valence-electron chi connectivity index (χ2n) is 5.02. The summed E-state index contributed by atoms with van der Waals surface area (Å²) in [6.07, 6.45) is 0. The Morgan fingerprint density at radius 1 is 1.04 bits per heavy atom. The largest absolute Gasteiger partial charge is 0.505 e. The molecular weight excluding hydrogens is 312 g/mol. The van der Waals surface area contributed by atoms with Crippen LogP contribution in [-0.2, 0) is 0 Å². The van der Waals surface area contributed by atoms with Crippen molar-refractivity contribution in [3.63, 3.8) is 0 Å². The topological polar surface area (TPSA) is 102 Å². The van der Waals surface area contributed by atoms with Crippen LogP contribution in [-0.4, -0.2) is 33.3 Å². The molecule has 0 saturated heterocycles. The molecule has 0 bridgehead atoms. The maximum atomic E-state index is 11.1. The molecule has 0 radical (unpaired) electrons. The van der Waals surface area contributed by atoms with E-state index in [1.165, 1.54) is 0 Å². The molecular formula is C17H14N2O5. The van der Waals surface area contributed by atoms with Gasteiger partial charge in [0.1, 0.15) is 11.5 Å². The van der Waals surface area contributed by atoms with Gasteiger partial charge in [-0.1, -0.05) is 0 Å². The predicted octanol–water partition coefficient (Wildman–Crippen LogP) is 3.14. The van der Waals surface area contributed by atoms with E-state index in [1.54, 1.807) is 50.4 Å². The molecule has 0 aliphatic carbocycles. The highest BCUT2D eigenvalue weighted by molar-refractivity contribution is 5.98. The van der Waals surface area contributed by atoms with Crippen LogP contribution < -0.4 is 9.47 Å². The van der Waals surface area contributed by atoms with Crippen molar-refractivity contribution in [1.82, 2.24) is 9.97 Å². The van der Waals surface area contributed by atoms with Crippen LogP contribution in [0.25, 0.3) is 10.9 Å². The lowest BCUT2D eigenvalue weighted by molar-refractivity contribution is 0.0687. The van der Waals surface area contributed by atoms with Crippen LogP contribution in [0.3, 0.4) is 0 Å². The van der Waals surface area contributed by atoms with Gasteiger partial charge in [0.15, 0.2) is 11.4 Å². The number of rotatable bonds is 4. The van der Waals surface area contributed by atoms with E-state index < -0.39 is 17.4 Å². The van der Waals surface area contributed by atoms with E-state index in [9.17, 15) is 9.90 Å². The molecule has 2 heterocycles. The van der Waals surface area contributed by atoms with Gasteiger partial charge < -0.3 is 19.7 Å². The summed E-state index contributed by atoms with van der Waals surface area (Å²) in [5.74, 6) is -0.123. The average molecular weight is 326 g/mol. The van der Waals surface area contributed by atoms with E-state index in [2.05, 4.69) is 9.97 Å². The predicted molar refractivity (Wildman–Crippen MR) is 86.0 cm³/mol. The molecule has 0 saturated carbocycles. The Hall–Kier alpha value is -3.35. The summed E-state index contributed by atoms with van der Waals surface area (Å²) in [7, 11) is 1.58. The standard InChI is InChI=1S/C17H14N2O5/c1-9-14-12(16(20)15(18-9)17(21)22)7-8-13(19-14)24-11-5-3-10(23-2)4-6-11/h3-8,20H,1-2H3,(H,21,22). The number of aryl methyl sites for hydroxylation is 1. The van der Waals surface area contributed by atoms with Crippen LogP contribution in [0.5, 0.6) is 23.1 Å². The van der Waals surface area contributed by atoms with Crippen molar-refractivity contribution in [3.05, 3.63) is 47.8 Å². The molecule has 2 N–H and O–H groups in total.